The smallest absolute Gasteiger partial charge is 0.260 e. The first-order valence-electron chi connectivity index (χ1n) is 7.16. The van der Waals surface area contributed by atoms with Gasteiger partial charge < -0.3 is 25.0 Å². The number of ether oxygens (including phenoxy) is 2. The summed E-state index contributed by atoms with van der Waals surface area (Å²) in [6.45, 7) is 2.05. The Morgan fingerprint density at radius 1 is 1.00 bits per heavy atom. The highest BCUT2D eigenvalue weighted by molar-refractivity contribution is 5.80. The van der Waals surface area contributed by atoms with Crippen molar-refractivity contribution < 1.29 is 19.1 Å². The summed E-state index contributed by atoms with van der Waals surface area (Å²) in [5.74, 6) is 1.18. The summed E-state index contributed by atoms with van der Waals surface area (Å²) in [6, 6.07) is 7.06. The zero-order valence-electron chi connectivity index (χ0n) is 12.7. The summed E-state index contributed by atoms with van der Waals surface area (Å²) in [4.78, 5) is 26.9. The average Bonchev–Trinajstić information content (AvgIpc) is 2.59. The van der Waals surface area contributed by atoms with E-state index in [0.717, 1.165) is 5.75 Å². The molecule has 0 unspecified atom stereocenters. The van der Waals surface area contributed by atoms with Crippen molar-refractivity contribution in [3.63, 3.8) is 0 Å². The van der Waals surface area contributed by atoms with Gasteiger partial charge in [0.2, 0.25) is 5.91 Å². The van der Waals surface area contributed by atoms with Gasteiger partial charge >= 0.3 is 0 Å². The number of hydrogen-bond acceptors (Lipinski definition) is 5. The fourth-order valence-electron chi connectivity index (χ4n) is 2.24. The molecule has 0 spiro atoms. The van der Waals surface area contributed by atoms with Crippen molar-refractivity contribution >= 4 is 11.8 Å². The van der Waals surface area contributed by atoms with Gasteiger partial charge in [-0.25, -0.2) is 0 Å². The van der Waals surface area contributed by atoms with Crippen molar-refractivity contribution in [3.8, 4) is 11.5 Å². The number of benzene rings is 1. The second-order valence-corrected chi connectivity index (χ2v) is 4.93. The summed E-state index contributed by atoms with van der Waals surface area (Å²) >= 11 is 0. The molecule has 2 N–H and O–H groups in total. The van der Waals surface area contributed by atoms with Gasteiger partial charge in [0, 0.05) is 26.2 Å². The van der Waals surface area contributed by atoms with Gasteiger partial charge in [-0.1, -0.05) is 0 Å². The van der Waals surface area contributed by atoms with Crippen LogP contribution in [0.25, 0.3) is 0 Å². The standard InChI is InChI=1S/C15H21N3O4/c1-21-12-2-4-13(5-3-12)22-11-15(20)18-8-6-17(7-9-18)14(19)10-16/h2-5H,6-11,16H2,1H3. The lowest BCUT2D eigenvalue weighted by atomic mass is 10.3. The van der Waals surface area contributed by atoms with E-state index in [9.17, 15) is 9.59 Å². The number of methoxy groups -OCH3 is 1. The largest absolute Gasteiger partial charge is 0.497 e. The van der Waals surface area contributed by atoms with Crippen LogP contribution in [0.1, 0.15) is 0 Å². The third-order valence-corrected chi connectivity index (χ3v) is 3.58. The third-order valence-electron chi connectivity index (χ3n) is 3.58. The molecule has 2 amide bonds. The van der Waals surface area contributed by atoms with E-state index in [-0.39, 0.29) is 25.0 Å². The molecule has 7 heteroatoms. The lowest BCUT2D eigenvalue weighted by molar-refractivity contribution is -0.140. The Labute approximate surface area is 129 Å². The fourth-order valence-corrected chi connectivity index (χ4v) is 2.24. The third kappa shape index (κ3) is 4.11. The molecule has 22 heavy (non-hydrogen) atoms. The van der Waals surface area contributed by atoms with Crippen LogP contribution in [0.2, 0.25) is 0 Å². The van der Waals surface area contributed by atoms with Gasteiger partial charge in [-0.15, -0.1) is 0 Å². The molecular weight excluding hydrogens is 286 g/mol. The van der Waals surface area contributed by atoms with Gasteiger partial charge in [-0.2, -0.15) is 0 Å². The van der Waals surface area contributed by atoms with Crippen molar-refractivity contribution in [2.45, 2.75) is 0 Å². The van der Waals surface area contributed by atoms with Crippen LogP contribution >= 0.6 is 0 Å². The molecule has 0 bridgehead atoms. The minimum absolute atomic E-state index is 0.00846. The Morgan fingerprint density at radius 2 is 1.50 bits per heavy atom. The van der Waals surface area contributed by atoms with E-state index in [2.05, 4.69) is 0 Å². The van der Waals surface area contributed by atoms with E-state index >= 15 is 0 Å². The van der Waals surface area contributed by atoms with Crippen LogP contribution in [0.4, 0.5) is 0 Å². The highest BCUT2D eigenvalue weighted by Gasteiger charge is 2.23. The van der Waals surface area contributed by atoms with Gasteiger partial charge in [0.1, 0.15) is 11.5 Å². The van der Waals surface area contributed by atoms with Crippen molar-refractivity contribution in [1.29, 1.82) is 0 Å². The summed E-state index contributed by atoms with van der Waals surface area (Å²) in [7, 11) is 1.59. The molecule has 1 fully saturated rings. The molecule has 120 valence electrons. The topological polar surface area (TPSA) is 85.1 Å². The van der Waals surface area contributed by atoms with Crippen LogP contribution < -0.4 is 15.2 Å². The molecule has 1 heterocycles. The molecule has 0 radical (unpaired) electrons. The highest BCUT2D eigenvalue weighted by Crippen LogP contribution is 2.17. The zero-order chi connectivity index (χ0) is 15.9. The summed E-state index contributed by atoms with van der Waals surface area (Å²) in [5.41, 5.74) is 5.33. The SMILES string of the molecule is COc1ccc(OCC(=O)N2CCN(C(=O)CN)CC2)cc1. The van der Waals surface area contributed by atoms with Crippen LogP contribution in [-0.4, -0.2) is 68.1 Å². The summed E-state index contributed by atoms with van der Waals surface area (Å²) in [6.07, 6.45) is 0. The summed E-state index contributed by atoms with van der Waals surface area (Å²) < 4.78 is 10.5. The number of amides is 2. The molecule has 0 atom stereocenters. The molecule has 1 saturated heterocycles. The molecule has 0 saturated carbocycles. The number of nitrogens with two attached hydrogens (primary N) is 1. The Morgan fingerprint density at radius 3 is 2.00 bits per heavy atom. The number of hydrogen-bond donors (Lipinski definition) is 1. The maximum Gasteiger partial charge on any atom is 0.260 e. The van der Waals surface area contributed by atoms with E-state index in [1.54, 1.807) is 41.2 Å². The number of piperazine rings is 1. The Kier molecular flexibility index (Phi) is 5.60. The highest BCUT2D eigenvalue weighted by atomic mass is 16.5. The molecule has 1 aromatic rings. The van der Waals surface area contributed by atoms with Crippen LogP contribution in [-0.2, 0) is 9.59 Å². The minimum Gasteiger partial charge on any atom is -0.497 e. The number of rotatable bonds is 5. The minimum atomic E-state index is -0.0873. The number of carbonyl (C=O) groups is 2. The van der Waals surface area contributed by atoms with Crippen molar-refractivity contribution in [2.75, 3.05) is 46.4 Å². The van der Waals surface area contributed by atoms with E-state index in [1.165, 1.54) is 0 Å². The molecule has 1 aliphatic heterocycles. The fraction of sp³-hybridized carbons (Fsp3) is 0.467. The number of nitrogens with zero attached hydrogens (tertiary/aromatic N) is 2. The predicted octanol–water partition coefficient (Wildman–Crippen LogP) is -0.296. The quantitative estimate of drug-likeness (QED) is 0.807. The van der Waals surface area contributed by atoms with Gasteiger partial charge in [0.05, 0.1) is 13.7 Å². The van der Waals surface area contributed by atoms with E-state index < -0.39 is 0 Å². The first-order valence-corrected chi connectivity index (χ1v) is 7.16. The van der Waals surface area contributed by atoms with Crippen LogP contribution in [0.15, 0.2) is 24.3 Å². The van der Waals surface area contributed by atoms with E-state index in [4.69, 9.17) is 15.2 Å². The van der Waals surface area contributed by atoms with Crippen LogP contribution in [0.3, 0.4) is 0 Å². The van der Waals surface area contributed by atoms with Crippen molar-refractivity contribution in [1.82, 2.24) is 9.80 Å². The monoisotopic (exact) mass is 307 g/mol. The molecule has 2 rings (SSSR count). The Balaban J connectivity index is 1.77. The Hall–Kier alpha value is -2.28. The zero-order valence-corrected chi connectivity index (χ0v) is 12.7. The van der Waals surface area contributed by atoms with E-state index in [1.807, 2.05) is 0 Å². The molecular formula is C15H21N3O4. The maximum absolute atomic E-state index is 12.1. The summed E-state index contributed by atoms with van der Waals surface area (Å²) in [5, 5.41) is 0. The average molecular weight is 307 g/mol. The van der Waals surface area contributed by atoms with Crippen LogP contribution in [0, 0.1) is 0 Å². The second kappa shape index (κ2) is 7.65. The second-order valence-electron chi connectivity index (χ2n) is 4.93. The predicted molar refractivity (Wildman–Crippen MR) is 80.7 cm³/mol. The molecule has 0 aromatic heterocycles. The molecule has 1 aromatic carbocycles. The lowest BCUT2D eigenvalue weighted by Crippen LogP contribution is -2.52. The normalized spacial score (nSPS) is 14.6. The van der Waals surface area contributed by atoms with Crippen molar-refractivity contribution in [2.24, 2.45) is 5.73 Å². The van der Waals surface area contributed by atoms with Gasteiger partial charge in [0.25, 0.3) is 5.91 Å². The Bertz CT molecular complexity index is 510. The van der Waals surface area contributed by atoms with Crippen molar-refractivity contribution in [3.05, 3.63) is 24.3 Å². The first-order chi connectivity index (χ1) is 10.6. The molecule has 1 aliphatic rings. The first kappa shape index (κ1) is 16.1. The molecule has 7 nitrogen and oxygen atoms in total. The lowest BCUT2D eigenvalue weighted by Gasteiger charge is -2.34. The number of carbonyl (C=O) groups excluding carboxylic acids is 2. The van der Waals surface area contributed by atoms with Gasteiger partial charge in [-0.3, -0.25) is 9.59 Å². The van der Waals surface area contributed by atoms with E-state index in [0.29, 0.717) is 31.9 Å². The van der Waals surface area contributed by atoms with Crippen LogP contribution in [0.5, 0.6) is 11.5 Å². The van der Waals surface area contributed by atoms with Gasteiger partial charge in [0.15, 0.2) is 6.61 Å². The maximum atomic E-state index is 12.1. The van der Waals surface area contributed by atoms with Gasteiger partial charge in [-0.05, 0) is 24.3 Å². The molecule has 0 aliphatic carbocycles.